The molecule has 3 nitrogen and oxygen atoms in total. The molecule has 0 amide bonds. The van der Waals surface area contributed by atoms with E-state index in [1.807, 2.05) is 0 Å². The molecule has 0 unspecified atom stereocenters. The molecular weight excluding hydrogens is 197 g/mol. The molecule has 1 heterocycles. The lowest BCUT2D eigenvalue weighted by Crippen LogP contribution is -2.05. The van der Waals surface area contributed by atoms with E-state index in [4.69, 9.17) is 5.11 Å². The van der Waals surface area contributed by atoms with Crippen LogP contribution in [-0.4, -0.2) is 14.7 Å². The molecular formula is C8H11F3N2O. The predicted molar refractivity (Wildman–Crippen MR) is 43.5 cm³/mol. The van der Waals surface area contributed by atoms with Gasteiger partial charge in [0.1, 0.15) is 12.4 Å². The quantitative estimate of drug-likeness (QED) is 0.806. The molecule has 0 aliphatic carbocycles. The van der Waals surface area contributed by atoms with Gasteiger partial charge in [-0.15, -0.1) is 0 Å². The highest BCUT2D eigenvalue weighted by atomic mass is 19.4. The monoisotopic (exact) mass is 208 g/mol. The van der Waals surface area contributed by atoms with Gasteiger partial charge in [0.05, 0.1) is 0 Å². The van der Waals surface area contributed by atoms with Crippen LogP contribution in [0.5, 0.6) is 0 Å². The van der Waals surface area contributed by atoms with Crippen LogP contribution >= 0.6 is 0 Å². The van der Waals surface area contributed by atoms with Gasteiger partial charge in [0.15, 0.2) is 5.69 Å². The second kappa shape index (κ2) is 3.61. The molecule has 1 N–H and O–H groups in total. The molecule has 0 aliphatic heterocycles. The molecule has 1 aromatic rings. The van der Waals surface area contributed by atoms with E-state index in [9.17, 15) is 13.2 Å². The normalized spacial score (nSPS) is 12.5. The molecule has 6 heteroatoms. The minimum Gasteiger partial charge on any atom is -0.388 e. The van der Waals surface area contributed by atoms with Crippen molar-refractivity contribution in [3.63, 3.8) is 0 Å². The first-order valence-corrected chi connectivity index (χ1v) is 4.12. The van der Waals surface area contributed by atoms with Crippen LogP contribution in [0.25, 0.3) is 0 Å². The Morgan fingerprint density at radius 2 is 2.07 bits per heavy atom. The number of halogens is 3. The smallest absolute Gasteiger partial charge is 0.388 e. The maximum Gasteiger partial charge on any atom is 0.434 e. The Bertz CT molecular complexity index is 317. The fourth-order valence-corrected chi connectivity index (χ4v) is 1.13. The molecule has 0 aliphatic rings. The van der Waals surface area contributed by atoms with E-state index in [2.05, 4.69) is 4.98 Å². The zero-order chi connectivity index (χ0) is 10.9. The highest BCUT2D eigenvalue weighted by Crippen LogP contribution is 2.29. The summed E-state index contributed by atoms with van der Waals surface area (Å²) in [5, 5.41) is 8.80. The third-order valence-electron chi connectivity index (χ3n) is 1.80. The van der Waals surface area contributed by atoms with Crippen molar-refractivity contribution >= 4 is 0 Å². The molecule has 0 saturated carbocycles. The van der Waals surface area contributed by atoms with Gasteiger partial charge in [-0.05, 0) is 13.8 Å². The molecule has 1 rings (SSSR count). The van der Waals surface area contributed by atoms with Gasteiger partial charge in [-0.3, -0.25) is 0 Å². The lowest BCUT2D eigenvalue weighted by Gasteiger charge is -2.08. The van der Waals surface area contributed by atoms with Crippen LogP contribution in [0.3, 0.4) is 0 Å². The number of nitrogens with zero attached hydrogens (tertiary/aromatic N) is 2. The van der Waals surface area contributed by atoms with E-state index in [0.29, 0.717) is 0 Å². The van der Waals surface area contributed by atoms with E-state index in [0.717, 1.165) is 6.20 Å². The minimum atomic E-state index is -4.45. The second-order valence-corrected chi connectivity index (χ2v) is 3.20. The van der Waals surface area contributed by atoms with Crippen LogP contribution < -0.4 is 0 Å². The summed E-state index contributed by atoms with van der Waals surface area (Å²) in [6, 6.07) is -0.152. The lowest BCUT2D eigenvalue weighted by molar-refractivity contribution is -0.141. The van der Waals surface area contributed by atoms with Gasteiger partial charge in [0, 0.05) is 12.2 Å². The standard InChI is InChI=1S/C8H11F3N2O/c1-5(2)13-3-6(8(9,10)11)12-7(13)4-14/h3,5,14H,4H2,1-2H3. The number of rotatable bonds is 2. The van der Waals surface area contributed by atoms with Crippen molar-refractivity contribution in [1.29, 1.82) is 0 Å². The van der Waals surface area contributed by atoms with Crippen LogP contribution in [0.4, 0.5) is 13.2 Å². The van der Waals surface area contributed by atoms with Crippen LogP contribution in [0.1, 0.15) is 31.4 Å². The molecule has 0 atom stereocenters. The van der Waals surface area contributed by atoms with Gasteiger partial charge in [-0.25, -0.2) is 4.98 Å². The van der Waals surface area contributed by atoms with Gasteiger partial charge in [-0.1, -0.05) is 0 Å². The van der Waals surface area contributed by atoms with Crippen molar-refractivity contribution in [2.45, 2.75) is 32.7 Å². The summed E-state index contributed by atoms with van der Waals surface area (Å²) in [5.41, 5.74) is -0.963. The number of aliphatic hydroxyl groups excluding tert-OH is 1. The molecule has 0 aromatic carbocycles. The molecule has 14 heavy (non-hydrogen) atoms. The largest absolute Gasteiger partial charge is 0.434 e. The van der Waals surface area contributed by atoms with E-state index < -0.39 is 18.5 Å². The van der Waals surface area contributed by atoms with Gasteiger partial charge < -0.3 is 9.67 Å². The predicted octanol–water partition coefficient (Wildman–Crippen LogP) is 1.98. The Kier molecular flexibility index (Phi) is 2.84. The van der Waals surface area contributed by atoms with Crippen molar-refractivity contribution in [2.75, 3.05) is 0 Å². The first-order valence-electron chi connectivity index (χ1n) is 4.12. The fourth-order valence-electron chi connectivity index (χ4n) is 1.13. The average Bonchev–Trinajstić information content (AvgIpc) is 2.45. The van der Waals surface area contributed by atoms with Gasteiger partial charge in [0.25, 0.3) is 0 Å². The lowest BCUT2D eigenvalue weighted by atomic mass is 10.4. The zero-order valence-corrected chi connectivity index (χ0v) is 7.84. The maximum atomic E-state index is 12.2. The Labute approximate surface area is 79.2 Å². The van der Waals surface area contributed by atoms with Crippen molar-refractivity contribution in [2.24, 2.45) is 0 Å². The highest BCUT2D eigenvalue weighted by molar-refractivity contribution is 5.08. The highest BCUT2D eigenvalue weighted by Gasteiger charge is 2.34. The SMILES string of the molecule is CC(C)n1cc(C(F)(F)F)nc1CO. The average molecular weight is 208 g/mol. The van der Waals surface area contributed by atoms with Crippen LogP contribution in [0.15, 0.2) is 6.20 Å². The third-order valence-corrected chi connectivity index (χ3v) is 1.80. The summed E-state index contributed by atoms with van der Waals surface area (Å²) >= 11 is 0. The summed E-state index contributed by atoms with van der Waals surface area (Å²) in [4.78, 5) is 3.31. The van der Waals surface area contributed by atoms with Crippen molar-refractivity contribution < 1.29 is 18.3 Å². The van der Waals surface area contributed by atoms with E-state index in [1.54, 1.807) is 13.8 Å². The van der Waals surface area contributed by atoms with Crippen LogP contribution in [0, 0.1) is 0 Å². The summed E-state index contributed by atoms with van der Waals surface area (Å²) in [6.07, 6.45) is -3.54. The third kappa shape index (κ3) is 2.06. The Balaban J connectivity index is 3.13. The number of imidazole rings is 1. The fraction of sp³-hybridized carbons (Fsp3) is 0.625. The number of aromatic nitrogens is 2. The number of hydrogen-bond acceptors (Lipinski definition) is 2. The van der Waals surface area contributed by atoms with Crippen LogP contribution in [0.2, 0.25) is 0 Å². The van der Waals surface area contributed by atoms with E-state index in [1.165, 1.54) is 4.57 Å². The molecule has 1 aromatic heterocycles. The molecule has 0 fully saturated rings. The molecule has 0 radical (unpaired) electrons. The van der Waals surface area contributed by atoms with Crippen molar-refractivity contribution in [3.8, 4) is 0 Å². The Hall–Kier alpha value is -1.04. The van der Waals surface area contributed by atoms with Gasteiger partial charge >= 0.3 is 6.18 Å². The Morgan fingerprint density at radius 1 is 1.50 bits per heavy atom. The molecule has 0 saturated heterocycles. The first kappa shape index (κ1) is 11.0. The number of hydrogen-bond donors (Lipinski definition) is 1. The minimum absolute atomic E-state index is 0.0346. The van der Waals surface area contributed by atoms with Crippen LogP contribution in [-0.2, 0) is 12.8 Å². The maximum absolute atomic E-state index is 12.2. The van der Waals surface area contributed by atoms with Crippen molar-refractivity contribution in [1.82, 2.24) is 9.55 Å². The topological polar surface area (TPSA) is 38.0 Å². The van der Waals surface area contributed by atoms with Crippen molar-refractivity contribution in [3.05, 3.63) is 17.7 Å². The summed E-state index contributed by atoms with van der Waals surface area (Å²) in [5.74, 6) is 0.0346. The van der Waals surface area contributed by atoms with E-state index >= 15 is 0 Å². The number of aliphatic hydroxyl groups is 1. The van der Waals surface area contributed by atoms with Gasteiger partial charge in [-0.2, -0.15) is 13.2 Å². The zero-order valence-electron chi connectivity index (χ0n) is 7.84. The summed E-state index contributed by atoms with van der Waals surface area (Å²) in [6.45, 7) is 2.95. The first-order chi connectivity index (χ1) is 6.36. The molecule has 0 bridgehead atoms. The van der Waals surface area contributed by atoms with E-state index in [-0.39, 0.29) is 11.9 Å². The summed E-state index contributed by atoms with van der Waals surface area (Å²) < 4.78 is 38.0. The molecule has 80 valence electrons. The summed E-state index contributed by atoms with van der Waals surface area (Å²) in [7, 11) is 0. The van der Waals surface area contributed by atoms with Gasteiger partial charge in [0.2, 0.25) is 0 Å². The molecule has 0 spiro atoms. The second-order valence-electron chi connectivity index (χ2n) is 3.20. The number of alkyl halides is 3. The Morgan fingerprint density at radius 3 is 2.36 bits per heavy atom.